The molecule has 0 radical (unpaired) electrons. The number of anilines is 1. The number of rotatable bonds is 9. The Kier molecular flexibility index (Phi) is 9.84. The monoisotopic (exact) mass is 578 g/mol. The van der Waals surface area contributed by atoms with Crippen molar-refractivity contribution in [3.8, 4) is 6.07 Å². The van der Waals surface area contributed by atoms with Crippen LogP contribution in [0.3, 0.4) is 0 Å². The topological polar surface area (TPSA) is 85.2 Å². The van der Waals surface area contributed by atoms with E-state index >= 15 is 0 Å². The van der Waals surface area contributed by atoms with Crippen LogP contribution in [0.15, 0.2) is 48.9 Å². The van der Waals surface area contributed by atoms with Gasteiger partial charge in [0.1, 0.15) is 5.69 Å². The second kappa shape index (κ2) is 13.3. The molecule has 0 aliphatic carbocycles. The molecule has 1 N–H and O–H groups in total. The van der Waals surface area contributed by atoms with Gasteiger partial charge in [0.05, 0.1) is 23.5 Å². The first-order valence-electron chi connectivity index (χ1n) is 14.2. The minimum absolute atomic E-state index is 0.133. The van der Waals surface area contributed by atoms with Crippen molar-refractivity contribution in [2.45, 2.75) is 71.8 Å². The number of piperidine rings is 1. The number of halogens is 3. The number of carbonyl (C=O) groups is 1. The highest BCUT2D eigenvalue weighted by Crippen LogP contribution is 2.31. The van der Waals surface area contributed by atoms with Crippen molar-refractivity contribution in [2.24, 2.45) is 0 Å². The number of hydrogen-bond acceptors (Lipinski definition) is 6. The molecule has 7 nitrogen and oxygen atoms in total. The molecule has 2 aromatic heterocycles. The Morgan fingerprint density at radius 1 is 1.12 bits per heavy atom. The summed E-state index contributed by atoms with van der Waals surface area (Å²) in [4.78, 5) is 25.4. The Hall–Kier alpha value is -3.97. The van der Waals surface area contributed by atoms with Crippen LogP contribution >= 0.6 is 0 Å². The molecule has 1 atom stereocenters. The van der Waals surface area contributed by atoms with Gasteiger partial charge in [0.2, 0.25) is 0 Å². The summed E-state index contributed by atoms with van der Waals surface area (Å²) in [6.45, 7) is 10.6. The fourth-order valence-electron chi connectivity index (χ4n) is 5.69. The maximum Gasteiger partial charge on any atom is 0.433 e. The fraction of sp³-hybridized carbons (Fsp3) is 0.438. The molecule has 4 rings (SSSR count). The zero-order chi connectivity index (χ0) is 30.4. The number of carbonyl (C=O) groups excluding carboxylic acids is 1. The van der Waals surface area contributed by atoms with Crippen LogP contribution < -0.4 is 10.2 Å². The fourth-order valence-corrected chi connectivity index (χ4v) is 5.69. The lowest BCUT2D eigenvalue weighted by molar-refractivity contribution is -0.141. The molecule has 0 unspecified atom stereocenters. The van der Waals surface area contributed by atoms with Gasteiger partial charge in [-0.3, -0.25) is 9.78 Å². The van der Waals surface area contributed by atoms with E-state index in [0.717, 1.165) is 60.7 Å². The molecule has 10 heteroatoms. The summed E-state index contributed by atoms with van der Waals surface area (Å²) in [6, 6.07) is 10.5. The molecular formula is C32H37F3N6O. The van der Waals surface area contributed by atoms with Crippen LogP contribution in [0.1, 0.15) is 70.1 Å². The average Bonchev–Trinajstić information content (AvgIpc) is 2.96. The van der Waals surface area contributed by atoms with E-state index in [1.807, 2.05) is 33.0 Å². The molecular weight excluding hydrogens is 541 g/mol. The minimum Gasteiger partial charge on any atom is -0.363 e. The number of hydrogen-bond donors (Lipinski definition) is 1. The number of alkyl halides is 3. The van der Waals surface area contributed by atoms with E-state index in [9.17, 15) is 18.0 Å². The molecule has 42 heavy (non-hydrogen) atoms. The third kappa shape index (κ3) is 7.45. The molecule has 1 aromatic carbocycles. The third-order valence-corrected chi connectivity index (χ3v) is 8.16. The molecule has 1 amide bonds. The van der Waals surface area contributed by atoms with Gasteiger partial charge in [-0.25, -0.2) is 4.98 Å². The molecule has 1 saturated heterocycles. The summed E-state index contributed by atoms with van der Waals surface area (Å²) in [6.07, 6.45) is 2.87. The van der Waals surface area contributed by atoms with Gasteiger partial charge in [0.15, 0.2) is 0 Å². The van der Waals surface area contributed by atoms with E-state index in [1.54, 1.807) is 18.3 Å². The number of pyridine rings is 2. The Bertz CT molecular complexity index is 1400. The molecule has 0 bridgehead atoms. The van der Waals surface area contributed by atoms with Crippen molar-refractivity contribution in [3.63, 3.8) is 0 Å². The van der Waals surface area contributed by atoms with E-state index in [1.165, 1.54) is 12.3 Å². The standard InChI is InChI=1S/C32H37F3N6O/c1-21-7-11-37-18-26(21)20-41(28-5-6-29(39-19-28)32(33,34)35)27-9-13-40(14-10-27)24(4)8-12-38-31(42)30-22(2)15-25(17-36)16-23(30)3/h5-7,11,15-16,18-19,24,27H,8-10,12-14,20H2,1-4H3,(H,38,42)/t24-/m1/s1. The van der Waals surface area contributed by atoms with Gasteiger partial charge >= 0.3 is 6.18 Å². The van der Waals surface area contributed by atoms with Gasteiger partial charge in [-0.05, 0) is 99.5 Å². The van der Waals surface area contributed by atoms with Gasteiger partial charge < -0.3 is 15.1 Å². The molecule has 1 fully saturated rings. The van der Waals surface area contributed by atoms with Crippen LogP contribution in [0.2, 0.25) is 0 Å². The summed E-state index contributed by atoms with van der Waals surface area (Å²) in [5.41, 5.74) is 4.59. The first-order valence-corrected chi connectivity index (χ1v) is 14.2. The van der Waals surface area contributed by atoms with E-state index < -0.39 is 11.9 Å². The van der Waals surface area contributed by atoms with Crippen LogP contribution in [0, 0.1) is 32.1 Å². The van der Waals surface area contributed by atoms with Crippen LogP contribution in [0.4, 0.5) is 18.9 Å². The van der Waals surface area contributed by atoms with Crippen molar-refractivity contribution in [3.05, 3.63) is 88.0 Å². The van der Waals surface area contributed by atoms with E-state index in [4.69, 9.17) is 5.26 Å². The normalized spacial score (nSPS) is 15.2. The van der Waals surface area contributed by atoms with Gasteiger partial charge in [0, 0.05) is 56.2 Å². The number of amides is 1. The maximum atomic E-state index is 13.2. The quantitative estimate of drug-likeness (QED) is 0.337. The number of aryl methyl sites for hydroxylation is 3. The lowest BCUT2D eigenvalue weighted by Gasteiger charge is -2.42. The van der Waals surface area contributed by atoms with Crippen LogP contribution in [0.5, 0.6) is 0 Å². The van der Waals surface area contributed by atoms with Gasteiger partial charge in [-0.1, -0.05) is 0 Å². The molecule has 0 saturated carbocycles. The van der Waals surface area contributed by atoms with Crippen LogP contribution in [0.25, 0.3) is 0 Å². The van der Waals surface area contributed by atoms with Crippen molar-refractivity contribution in [2.75, 3.05) is 24.5 Å². The number of nitrogens with zero attached hydrogens (tertiary/aromatic N) is 5. The number of nitrogens with one attached hydrogen (secondary N) is 1. The zero-order valence-electron chi connectivity index (χ0n) is 24.5. The van der Waals surface area contributed by atoms with E-state index in [-0.39, 0.29) is 18.0 Å². The summed E-state index contributed by atoms with van der Waals surface area (Å²) >= 11 is 0. The number of aromatic nitrogens is 2. The molecule has 1 aliphatic rings. The summed E-state index contributed by atoms with van der Waals surface area (Å²) in [7, 11) is 0. The molecule has 1 aliphatic heterocycles. The summed E-state index contributed by atoms with van der Waals surface area (Å²) < 4.78 is 39.5. The van der Waals surface area contributed by atoms with Crippen LogP contribution in [-0.4, -0.2) is 52.5 Å². The number of nitriles is 1. The first kappa shape index (κ1) is 31.0. The minimum atomic E-state index is -4.48. The first-order chi connectivity index (χ1) is 20.0. The summed E-state index contributed by atoms with van der Waals surface area (Å²) in [5, 5.41) is 12.2. The molecule has 3 heterocycles. The average molecular weight is 579 g/mol. The number of benzene rings is 1. The van der Waals surface area contributed by atoms with Crippen molar-refractivity contribution >= 4 is 11.6 Å². The predicted molar refractivity (Wildman–Crippen MR) is 156 cm³/mol. The molecule has 222 valence electrons. The maximum absolute atomic E-state index is 13.2. The second-order valence-corrected chi connectivity index (χ2v) is 11.1. The zero-order valence-corrected chi connectivity index (χ0v) is 24.5. The lowest BCUT2D eigenvalue weighted by atomic mass is 9.98. The summed E-state index contributed by atoms with van der Waals surface area (Å²) in [5.74, 6) is -0.133. The second-order valence-electron chi connectivity index (χ2n) is 11.1. The van der Waals surface area contributed by atoms with Crippen LogP contribution in [-0.2, 0) is 12.7 Å². The van der Waals surface area contributed by atoms with Crippen molar-refractivity contribution in [1.29, 1.82) is 5.26 Å². The SMILES string of the molecule is Cc1ccncc1CN(c1ccc(C(F)(F)F)nc1)C1CCN([C@H](C)CCNC(=O)c2c(C)cc(C#N)cc2C)CC1. The largest absolute Gasteiger partial charge is 0.433 e. The Balaban J connectivity index is 1.37. The van der Waals surface area contributed by atoms with Gasteiger partial charge in [0.25, 0.3) is 5.91 Å². The highest BCUT2D eigenvalue weighted by molar-refractivity contribution is 5.97. The molecule has 0 spiro atoms. The highest BCUT2D eigenvalue weighted by Gasteiger charge is 2.33. The smallest absolute Gasteiger partial charge is 0.363 e. The lowest BCUT2D eigenvalue weighted by Crippen LogP contribution is -2.48. The van der Waals surface area contributed by atoms with E-state index in [2.05, 4.69) is 38.1 Å². The Morgan fingerprint density at radius 3 is 2.38 bits per heavy atom. The Morgan fingerprint density at radius 2 is 1.81 bits per heavy atom. The van der Waals surface area contributed by atoms with Crippen molar-refractivity contribution < 1.29 is 18.0 Å². The van der Waals surface area contributed by atoms with Gasteiger partial charge in [-0.15, -0.1) is 0 Å². The number of likely N-dealkylation sites (tertiary alicyclic amines) is 1. The molecule has 3 aromatic rings. The van der Waals surface area contributed by atoms with Crippen molar-refractivity contribution in [1.82, 2.24) is 20.2 Å². The van der Waals surface area contributed by atoms with E-state index in [0.29, 0.717) is 29.9 Å². The third-order valence-electron chi connectivity index (χ3n) is 8.16. The van der Waals surface area contributed by atoms with Gasteiger partial charge in [-0.2, -0.15) is 18.4 Å². The highest BCUT2D eigenvalue weighted by atomic mass is 19.4. The Labute approximate surface area is 245 Å². The predicted octanol–water partition coefficient (Wildman–Crippen LogP) is 5.97.